The zero-order valence-corrected chi connectivity index (χ0v) is 17.3. The smallest absolute Gasteiger partial charge is 0.312 e. The van der Waals surface area contributed by atoms with Gasteiger partial charge in [0.2, 0.25) is 0 Å². The minimum Gasteiger partial charge on any atom is -1.00 e. The molecule has 2 aromatic carbocycles. The number of ether oxygens (including phenoxy) is 1. The molecule has 1 fully saturated rings. The van der Waals surface area contributed by atoms with Crippen LogP contribution in [0.15, 0.2) is 42.7 Å². The molecule has 1 saturated heterocycles. The second kappa shape index (κ2) is 11.2. The summed E-state index contributed by atoms with van der Waals surface area (Å²) in [5.74, 6) is -4.56. The van der Waals surface area contributed by atoms with E-state index >= 15 is 0 Å². The molecule has 2 atom stereocenters. The summed E-state index contributed by atoms with van der Waals surface area (Å²) in [5, 5.41) is 9.17. The Labute approximate surface area is 183 Å². The van der Waals surface area contributed by atoms with Crippen molar-refractivity contribution in [3.05, 3.63) is 77.1 Å². The molecule has 0 radical (unpaired) electrons. The number of carboxylic acids is 1. The van der Waals surface area contributed by atoms with E-state index in [1.165, 1.54) is 6.26 Å². The van der Waals surface area contributed by atoms with Gasteiger partial charge in [0, 0.05) is 28.8 Å². The highest BCUT2D eigenvalue weighted by Crippen LogP contribution is 2.28. The zero-order valence-electron chi connectivity index (χ0n) is 16.5. The highest BCUT2D eigenvalue weighted by atomic mass is 35.5. The van der Waals surface area contributed by atoms with E-state index < -0.39 is 29.2 Å². The number of nitrogens with one attached hydrogen (secondary N) is 1. The van der Waals surface area contributed by atoms with Crippen molar-refractivity contribution in [1.82, 2.24) is 0 Å². The number of hydrogen-bond donors (Lipinski definition) is 2. The molecule has 2 N–H and O–H groups in total. The monoisotopic (exact) mass is 459 g/mol. The van der Waals surface area contributed by atoms with Gasteiger partial charge in [-0.1, -0.05) is 0 Å². The summed E-state index contributed by atoms with van der Waals surface area (Å²) in [4.78, 5) is 12.2. The molecule has 1 heterocycles. The SMILES string of the molecule is O=C(O)[C@@H]1CCC[NH+](CCOC=C(c2ccc(F)cc2F)c2ccc(F)cc2F)C1.[Cl-]. The van der Waals surface area contributed by atoms with E-state index in [4.69, 9.17) is 9.84 Å². The van der Waals surface area contributed by atoms with Gasteiger partial charge in [-0.25, -0.2) is 17.6 Å². The lowest BCUT2D eigenvalue weighted by Crippen LogP contribution is -3.14. The second-order valence-electron chi connectivity index (χ2n) is 7.28. The molecule has 0 bridgehead atoms. The van der Waals surface area contributed by atoms with Crippen molar-refractivity contribution in [1.29, 1.82) is 0 Å². The molecule has 31 heavy (non-hydrogen) atoms. The van der Waals surface area contributed by atoms with Gasteiger partial charge in [0.25, 0.3) is 0 Å². The summed E-state index contributed by atoms with van der Waals surface area (Å²) in [6, 6.07) is 5.75. The van der Waals surface area contributed by atoms with Crippen molar-refractivity contribution in [3.8, 4) is 0 Å². The predicted molar refractivity (Wildman–Crippen MR) is 102 cm³/mol. The lowest BCUT2D eigenvalue weighted by atomic mass is 9.98. The highest BCUT2D eigenvalue weighted by molar-refractivity contribution is 5.79. The Hall–Kier alpha value is -2.58. The number of quaternary nitrogens is 1. The van der Waals surface area contributed by atoms with Crippen LogP contribution in [0, 0.1) is 29.2 Å². The van der Waals surface area contributed by atoms with Crippen LogP contribution in [0.4, 0.5) is 17.6 Å². The third kappa shape index (κ3) is 6.45. The van der Waals surface area contributed by atoms with E-state index in [1.807, 2.05) is 0 Å². The Kier molecular flexibility index (Phi) is 8.88. The molecule has 1 aliphatic heterocycles. The number of piperidine rings is 1. The Morgan fingerprint density at radius 3 is 2.16 bits per heavy atom. The summed E-state index contributed by atoms with van der Waals surface area (Å²) in [5.41, 5.74) is -0.154. The Morgan fingerprint density at radius 2 is 1.65 bits per heavy atom. The third-order valence-corrected chi connectivity index (χ3v) is 5.18. The minimum absolute atomic E-state index is 0. The molecule has 0 aliphatic carbocycles. The normalized spacial score (nSPS) is 18.1. The fourth-order valence-electron chi connectivity index (χ4n) is 3.62. The van der Waals surface area contributed by atoms with Gasteiger partial charge in [-0.05, 0) is 37.1 Å². The molecule has 1 unspecified atom stereocenters. The Morgan fingerprint density at radius 1 is 1.06 bits per heavy atom. The molecule has 0 saturated carbocycles. The molecule has 9 heteroatoms. The van der Waals surface area contributed by atoms with Crippen LogP contribution in [0.2, 0.25) is 0 Å². The van der Waals surface area contributed by atoms with Crippen LogP contribution in [-0.2, 0) is 9.53 Å². The first-order valence-corrected chi connectivity index (χ1v) is 9.64. The molecule has 1 aliphatic rings. The first-order valence-electron chi connectivity index (χ1n) is 9.64. The zero-order chi connectivity index (χ0) is 21.7. The molecule has 0 spiro atoms. The van der Waals surface area contributed by atoms with Crippen LogP contribution in [0.25, 0.3) is 5.57 Å². The summed E-state index contributed by atoms with van der Waals surface area (Å²) >= 11 is 0. The van der Waals surface area contributed by atoms with Crippen molar-refractivity contribution < 1.29 is 49.5 Å². The maximum Gasteiger partial charge on any atom is 0.312 e. The van der Waals surface area contributed by atoms with Gasteiger partial charge >= 0.3 is 5.97 Å². The van der Waals surface area contributed by atoms with Crippen molar-refractivity contribution in [2.24, 2.45) is 5.92 Å². The summed E-state index contributed by atoms with van der Waals surface area (Å²) in [6.45, 7) is 2.03. The topological polar surface area (TPSA) is 51.0 Å². The van der Waals surface area contributed by atoms with Gasteiger partial charge in [0.15, 0.2) is 0 Å². The standard InChI is InChI=1S/C22H21F4NO3.ClH/c23-15-3-5-17(20(25)10-15)19(18-6-4-16(24)11-21(18)26)13-30-9-8-27-7-1-2-14(12-27)22(28)29;/h3-6,10-11,13-14H,1-2,7-9,12H2,(H,28,29);1H/t14-;/m1./s1. The number of benzene rings is 2. The minimum atomic E-state index is -0.903. The van der Waals surface area contributed by atoms with Crippen molar-refractivity contribution in [3.63, 3.8) is 0 Å². The number of rotatable bonds is 7. The maximum atomic E-state index is 14.3. The average molecular weight is 460 g/mol. The van der Waals surface area contributed by atoms with E-state index in [0.717, 1.165) is 42.1 Å². The highest BCUT2D eigenvalue weighted by Gasteiger charge is 2.28. The molecule has 2 aromatic rings. The van der Waals surface area contributed by atoms with E-state index in [0.29, 0.717) is 31.6 Å². The molecule has 4 nitrogen and oxygen atoms in total. The first-order chi connectivity index (χ1) is 14.3. The summed E-state index contributed by atoms with van der Waals surface area (Å²) < 4.78 is 60.7. The quantitative estimate of drug-likeness (QED) is 0.349. The number of hydrogen-bond acceptors (Lipinski definition) is 2. The van der Waals surface area contributed by atoms with Crippen LogP contribution in [0.1, 0.15) is 24.0 Å². The van der Waals surface area contributed by atoms with Crippen molar-refractivity contribution in [2.75, 3.05) is 26.2 Å². The number of aliphatic carboxylic acids is 1. The fraction of sp³-hybridized carbons (Fsp3) is 0.318. The van der Waals surface area contributed by atoms with Crippen LogP contribution in [0.5, 0.6) is 0 Å². The van der Waals surface area contributed by atoms with Crippen LogP contribution >= 0.6 is 0 Å². The molecular formula is C22H22ClF4NO3. The van der Waals surface area contributed by atoms with E-state index in [1.54, 1.807) is 0 Å². The molecule has 0 aromatic heterocycles. The fourth-order valence-corrected chi connectivity index (χ4v) is 3.62. The predicted octanol–water partition coefficient (Wildman–Crippen LogP) is 0.0323. The van der Waals surface area contributed by atoms with Gasteiger partial charge in [-0.3, -0.25) is 4.79 Å². The van der Waals surface area contributed by atoms with E-state index in [-0.39, 0.29) is 41.6 Å². The lowest BCUT2D eigenvalue weighted by Gasteiger charge is -2.27. The number of carbonyl (C=O) groups is 1. The van der Waals surface area contributed by atoms with Crippen molar-refractivity contribution >= 4 is 11.5 Å². The molecule has 3 rings (SSSR count). The van der Waals surface area contributed by atoms with Gasteiger partial charge in [-0.15, -0.1) is 0 Å². The van der Waals surface area contributed by atoms with Gasteiger partial charge in [-0.2, -0.15) is 0 Å². The van der Waals surface area contributed by atoms with Gasteiger partial charge < -0.3 is 27.2 Å². The van der Waals surface area contributed by atoms with Crippen LogP contribution < -0.4 is 17.3 Å². The summed E-state index contributed by atoms with van der Waals surface area (Å²) in [6.07, 6.45) is 2.62. The van der Waals surface area contributed by atoms with Crippen LogP contribution in [-0.4, -0.2) is 37.3 Å². The van der Waals surface area contributed by atoms with Crippen LogP contribution in [0.3, 0.4) is 0 Å². The number of carboxylic acid groups (broad SMARTS) is 1. The van der Waals surface area contributed by atoms with Crippen molar-refractivity contribution in [2.45, 2.75) is 12.8 Å². The Bertz CT molecular complexity index is 901. The largest absolute Gasteiger partial charge is 1.00 e. The van der Waals surface area contributed by atoms with E-state index in [2.05, 4.69) is 0 Å². The first kappa shape index (κ1) is 24.7. The number of likely N-dealkylation sites (tertiary alicyclic amines) is 1. The van der Waals surface area contributed by atoms with Gasteiger partial charge in [0.05, 0.1) is 19.4 Å². The second-order valence-corrected chi connectivity index (χ2v) is 7.28. The Balaban J connectivity index is 0.00000341. The molecule has 168 valence electrons. The summed E-state index contributed by atoms with van der Waals surface area (Å²) in [7, 11) is 0. The number of halogens is 5. The maximum absolute atomic E-state index is 14.3. The van der Waals surface area contributed by atoms with Gasteiger partial charge in [0.1, 0.15) is 42.3 Å². The molecular weight excluding hydrogens is 438 g/mol. The third-order valence-electron chi connectivity index (χ3n) is 5.18. The average Bonchev–Trinajstić information content (AvgIpc) is 2.70. The van der Waals surface area contributed by atoms with E-state index in [9.17, 15) is 22.4 Å². The molecule has 0 amide bonds. The lowest BCUT2D eigenvalue weighted by molar-refractivity contribution is -0.907.